The summed E-state index contributed by atoms with van der Waals surface area (Å²) in [6.45, 7) is -0.0453. The quantitative estimate of drug-likeness (QED) is 0.804. The van der Waals surface area contributed by atoms with Gasteiger partial charge in [0.2, 0.25) is 11.8 Å². The lowest BCUT2D eigenvalue weighted by Gasteiger charge is -2.17. The number of anilines is 1. The van der Waals surface area contributed by atoms with Crippen LogP contribution < -0.4 is 15.8 Å². The molecular formula is C17H14F2N4O3. The number of hydrazine groups is 1. The van der Waals surface area contributed by atoms with Gasteiger partial charge in [-0.25, -0.2) is 8.78 Å². The second-order valence-electron chi connectivity index (χ2n) is 5.72. The Balaban J connectivity index is 1.61. The van der Waals surface area contributed by atoms with E-state index in [4.69, 9.17) is 0 Å². The predicted octanol–water partition coefficient (Wildman–Crippen LogP) is 1.17. The minimum atomic E-state index is -0.815. The molecular weight excluding hydrogens is 346 g/mol. The average Bonchev–Trinajstić information content (AvgIpc) is 3.01. The molecule has 0 radical (unpaired) electrons. The van der Waals surface area contributed by atoms with Crippen molar-refractivity contribution in [2.24, 2.45) is 5.92 Å². The van der Waals surface area contributed by atoms with E-state index in [0.717, 1.165) is 17.0 Å². The van der Waals surface area contributed by atoms with E-state index in [0.29, 0.717) is 6.07 Å². The lowest BCUT2D eigenvalue weighted by molar-refractivity contribution is -0.126. The first-order valence-corrected chi connectivity index (χ1v) is 7.70. The topological polar surface area (TPSA) is 91.4 Å². The Morgan fingerprint density at radius 2 is 1.88 bits per heavy atom. The molecule has 1 aromatic heterocycles. The summed E-state index contributed by atoms with van der Waals surface area (Å²) in [6, 6.07) is 5.83. The summed E-state index contributed by atoms with van der Waals surface area (Å²) < 4.78 is 26.7. The van der Waals surface area contributed by atoms with Crippen molar-refractivity contribution < 1.29 is 23.2 Å². The molecule has 1 atom stereocenters. The van der Waals surface area contributed by atoms with Crippen LogP contribution in [0.15, 0.2) is 42.7 Å². The van der Waals surface area contributed by atoms with E-state index in [1.807, 2.05) is 0 Å². The maximum absolute atomic E-state index is 13.3. The van der Waals surface area contributed by atoms with Crippen LogP contribution in [0.25, 0.3) is 0 Å². The van der Waals surface area contributed by atoms with Crippen LogP contribution in [-0.4, -0.2) is 29.3 Å². The summed E-state index contributed by atoms with van der Waals surface area (Å²) in [5, 5.41) is 0. The second-order valence-corrected chi connectivity index (χ2v) is 5.72. The smallest absolute Gasteiger partial charge is 0.271 e. The third-order valence-electron chi connectivity index (χ3n) is 3.88. The molecule has 3 rings (SSSR count). The van der Waals surface area contributed by atoms with Gasteiger partial charge in [0.1, 0.15) is 11.6 Å². The third kappa shape index (κ3) is 3.82. The van der Waals surface area contributed by atoms with Gasteiger partial charge in [0.05, 0.1) is 11.5 Å². The molecule has 2 aromatic rings. The summed E-state index contributed by atoms with van der Waals surface area (Å²) >= 11 is 0. The van der Waals surface area contributed by atoms with Crippen LogP contribution in [0.3, 0.4) is 0 Å². The monoisotopic (exact) mass is 360 g/mol. The number of pyridine rings is 1. The van der Waals surface area contributed by atoms with E-state index in [1.54, 1.807) is 6.07 Å². The number of carbonyl (C=O) groups is 3. The van der Waals surface area contributed by atoms with Crippen molar-refractivity contribution in [3.63, 3.8) is 0 Å². The zero-order valence-electron chi connectivity index (χ0n) is 13.4. The van der Waals surface area contributed by atoms with Gasteiger partial charge in [0.15, 0.2) is 0 Å². The molecule has 0 bridgehead atoms. The van der Waals surface area contributed by atoms with Crippen LogP contribution >= 0.6 is 0 Å². The Hall–Kier alpha value is -3.36. The fraction of sp³-hybridized carbons (Fsp3) is 0.176. The molecule has 1 aromatic carbocycles. The first-order chi connectivity index (χ1) is 12.4. The zero-order valence-corrected chi connectivity index (χ0v) is 13.4. The number of carbonyl (C=O) groups excluding carboxylic acids is 3. The molecule has 0 saturated carbocycles. The first kappa shape index (κ1) is 17.5. The zero-order chi connectivity index (χ0) is 18.7. The van der Waals surface area contributed by atoms with Gasteiger partial charge in [-0.15, -0.1) is 0 Å². The van der Waals surface area contributed by atoms with Crippen molar-refractivity contribution in [3.8, 4) is 0 Å². The molecule has 26 heavy (non-hydrogen) atoms. The van der Waals surface area contributed by atoms with Crippen molar-refractivity contribution >= 4 is 23.4 Å². The lowest BCUT2D eigenvalue weighted by Crippen LogP contribution is -2.45. The Morgan fingerprint density at radius 3 is 2.54 bits per heavy atom. The van der Waals surface area contributed by atoms with Gasteiger partial charge in [0, 0.05) is 37.1 Å². The summed E-state index contributed by atoms with van der Waals surface area (Å²) in [4.78, 5) is 41.0. The molecule has 1 fully saturated rings. The fourth-order valence-corrected chi connectivity index (χ4v) is 2.62. The highest BCUT2D eigenvalue weighted by Crippen LogP contribution is 2.26. The van der Waals surface area contributed by atoms with E-state index >= 15 is 0 Å². The second kappa shape index (κ2) is 7.26. The molecule has 7 nitrogen and oxygen atoms in total. The number of nitrogens with one attached hydrogen (secondary N) is 2. The summed E-state index contributed by atoms with van der Waals surface area (Å²) in [7, 11) is 0. The normalized spacial score (nSPS) is 16.5. The van der Waals surface area contributed by atoms with Crippen LogP contribution in [-0.2, 0) is 9.59 Å². The van der Waals surface area contributed by atoms with E-state index in [-0.39, 0.29) is 24.2 Å². The molecule has 1 unspecified atom stereocenters. The molecule has 2 N–H and O–H groups in total. The standard InChI is InChI=1S/C17H14F2N4O3/c18-12-5-13(19)7-14(6-12)23-9-11(4-15(23)24)17(26)22-21-16(25)10-2-1-3-20-8-10/h1-3,5-8,11H,4,9H2,(H,21,25)(H,22,26). The molecule has 3 amide bonds. The molecule has 2 heterocycles. The van der Waals surface area contributed by atoms with Gasteiger partial charge < -0.3 is 4.90 Å². The number of hydrogen-bond acceptors (Lipinski definition) is 4. The molecule has 1 aliphatic heterocycles. The molecule has 134 valence electrons. The summed E-state index contributed by atoms with van der Waals surface area (Å²) in [5.74, 6) is -3.96. The molecule has 0 spiro atoms. The third-order valence-corrected chi connectivity index (χ3v) is 3.88. The largest absolute Gasteiger partial charge is 0.311 e. The van der Waals surface area contributed by atoms with E-state index in [2.05, 4.69) is 15.8 Å². The van der Waals surface area contributed by atoms with Crippen LogP contribution in [0.2, 0.25) is 0 Å². The van der Waals surface area contributed by atoms with Gasteiger partial charge in [0.25, 0.3) is 5.91 Å². The minimum absolute atomic E-state index is 0.0437. The van der Waals surface area contributed by atoms with Crippen molar-refractivity contribution in [3.05, 3.63) is 59.9 Å². The van der Waals surface area contributed by atoms with Crippen LogP contribution in [0.5, 0.6) is 0 Å². The van der Waals surface area contributed by atoms with E-state index < -0.39 is 35.3 Å². The van der Waals surface area contributed by atoms with Crippen LogP contribution in [0, 0.1) is 17.6 Å². The maximum Gasteiger partial charge on any atom is 0.271 e. The SMILES string of the molecule is O=C(NNC(=O)C1CC(=O)N(c2cc(F)cc(F)c2)C1)c1cccnc1. The number of hydrogen-bond donors (Lipinski definition) is 2. The van der Waals surface area contributed by atoms with Gasteiger partial charge in [-0.3, -0.25) is 30.2 Å². The number of halogens is 2. The average molecular weight is 360 g/mol. The van der Waals surface area contributed by atoms with Gasteiger partial charge >= 0.3 is 0 Å². The number of rotatable bonds is 3. The van der Waals surface area contributed by atoms with E-state index in [1.165, 1.54) is 18.5 Å². The Bertz CT molecular complexity index is 840. The van der Waals surface area contributed by atoms with Crippen LogP contribution in [0.4, 0.5) is 14.5 Å². The Kier molecular flexibility index (Phi) is 4.87. The minimum Gasteiger partial charge on any atom is -0.311 e. The molecule has 9 heteroatoms. The maximum atomic E-state index is 13.3. The number of aromatic nitrogens is 1. The lowest BCUT2D eigenvalue weighted by atomic mass is 10.1. The highest BCUT2D eigenvalue weighted by Gasteiger charge is 2.35. The fourth-order valence-electron chi connectivity index (χ4n) is 2.62. The Morgan fingerprint density at radius 1 is 1.15 bits per heavy atom. The summed E-state index contributed by atoms with van der Waals surface area (Å²) in [6.07, 6.45) is 2.71. The first-order valence-electron chi connectivity index (χ1n) is 7.70. The van der Waals surface area contributed by atoms with Gasteiger partial charge in [-0.2, -0.15) is 0 Å². The molecule has 0 aliphatic carbocycles. The van der Waals surface area contributed by atoms with E-state index in [9.17, 15) is 23.2 Å². The highest BCUT2D eigenvalue weighted by atomic mass is 19.1. The number of nitrogens with zero attached hydrogens (tertiary/aromatic N) is 2. The van der Waals surface area contributed by atoms with Gasteiger partial charge in [-0.05, 0) is 24.3 Å². The van der Waals surface area contributed by atoms with Gasteiger partial charge in [-0.1, -0.05) is 0 Å². The van der Waals surface area contributed by atoms with Crippen molar-refractivity contribution in [1.82, 2.24) is 15.8 Å². The summed E-state index contributed by atoms with van der Waals surface area (Å²) in [5.41, 5.74) is 4.78. The molecule has 1 saturated heterocycles. The number of benzene rings is 1. The number of amides is 3. The molecule has 1 aliphatic rings. The van der Waals surface area contributed by atoms with Crippen molar-refractivity contribution in [1.29, 1.82) is 0 Å². The van der Waals surface area contributed by atoms with Crippen molar-refractivity contribution in [2.45, 2.75) is 6.42 Å². The van der Waals surface area contributed by atoms with Crippen molar-refractivity contribution in [2.75, 3.05) is 11.4 Å². The van der Waals surface area contributed by atoms with Crippen LogP contribution in [0.1, 0.15) is 16.8 Å². The Labute approximate surface area is 147 Å². The predicted molar refractivity (Wildman–Crippen MR) is 86.7 cm³/mol. The highest BCUT2D eigenvalue weighted by molar-refractivity contribution is 6.01.